The van der Waals surface area contributed by atoms with E-state index in [2.05, 4.69) is 15.3 Å². The number of aromatic nitrogens is 2. The van der Waals surface area contributed by atoms with Gasteiger partial charge in [0.05, 0.1) is 6.20 Å². The van der Waals surface area contributed by atoms with Gasteiger partial charge < -0.3 is 11.1 Å². The monoisotopic (exact) mass is 200 g/mol. The highest BCUT2D eigenvalue weighted by Crippen LogP contribution is 2.16. The predicted octanol–water partition coefficient (Wildman–Crippen LogP) is 1.28. The van der Waals surface area contributed by atoms with Crippen LogP contribution in [0.5, 0.6) is 0 Å². The number of halogens is 1. The standard InChI is InChI=1S/C8H13ClN4/c1-8(2,10)4-12-7-6(9)3-11-5-13-7/h3,5H,4,10H2,1-2H3,(H,11,12,13). The second-order valence-electron chi connectivity index (χ2n) is 3.56. The average Bonchev–Trinajstić information content (AvgIpc) is 2.01. The van der Waals surface area contributed by atoms with Gasteiger partial charge in [0.25, 0.3) is 0 Å². The molecule has 0 unspecified atom stereocenters. The first-order chi connectivity index (χ1) is 5.99. The summed E-state index contributed by atoms with van der Waals surface area (Å²) in [5.74, 6) is 0.621. The summed E-state index contributed by atoms with van der Waals surface area (Å²) in [5.41, 5.74) is 5.50. The topological polar surface area (TPSA) is 63.8 Å². The molecule has 0 saturated carbocycles. The molecule has 0 spiro atoms. The molecule has 0 bridgehead atoms. The van der Waals surface area contributed by atoms with Gasteiger partial charge in [-0.1, -0.05) is 11.6 Å². The minimum absolute atomic E-state index is 0.283. The van der Waals surface area contributed by atoms with Crippen LogP contribution in [0.3, 0.4) is 0 Å². The maximum absolute atomic E-state index is 5.82. The molecule has 3 N–H and O–H groups in total. The fraction of sp³-hybridized carbons (Fsp3) is 0.500. The van der Waals surface area contributed by atoms with Gasteiger partial charge in [-0.2, -0.15) is 0 Å². The van der Waals surface area contributed by atoms with E-state index in [4.69, 9.17) is 17.3 Å². The number of nitrogens with zero attached hydrogens (tertiary/aromatic N) is 2. The van der Waals surface area contributed by atoms with E-state index in [0.29, 0.717) is 17.4 Å². The summed E-state index contributed by atoms with van der Waals surface area (Å²) < 4.78 is 0. The van der Waals surface area contributed by atoms with E-state index < -0.39 is 0 Å². The molecule has 0 atom stereocenters. The molecule has 1 rings (SSSR count). The van der Waals surface area contributed by atoms with Crippen molar-refractivity contribution in [2.24, 2.45) is 5.73 Å². The summed E-state index contributed by atoms with van der Waals surface area (Å²) in [4.78, 5) is 7.75. The molecule has 0 saturated heterocycles. The SMILES string of the molecule is CC(C)(N)CNc1ncncc1Cl. The summed E-state index contributed by atoms with van der Waals surface area (Å²) in [6.45, 7) is 4.47. The number of hydrogen-bond acceptors (Lipinski definition) is 4. The molecule has 0 radical (unpaired) electrons. The number of nitrogens with one attached hydrogen (secondary N) is 1. The summed E-state index contributed by atoms with van der Waals surface area (Å²) >= 11 is 5.82. The van der Waals surface area contributed by atoms with Crippen molar-refractivity contribution in [3.05, 3.63) is 17.5 Å². The Bertz CT molecular complexity index is 282. The predicted molar refractivity (Wildman–Crippen MR) is 53.8 cm³/mol. The van der Waals surface area contributed by atoms with Crippen LogP contribution < -0.4 is 11.1 Å². The van der Waals surface area contributed by atoms with Crippen LogP contribution in [0.25, 0.3) is 0 Å². The molecule has 4 nitrogen and oxygen atoms in total. The van der Waals surface area contributed by atoms with Crippen LogP contribution in [-0.2, 0) is 0 Å². The average molecular weight is 201 g/mol. The first kappa shape index (κ1) is 10.2. The highest BCUT2D eigenvalue weighted by molar-refractivity contribution is 6.32. The Morgan fingerprint density at radius 1 is 1.62 bits per heavy atom. The second-order valence-corrected chi connectivity index (χ2v) is 3.97. The zero-order chi connectivity index (χ0) is 9.90. The first-order valence-corrected chi connectivity index (χ1v) is 4.35. The molecule has 0 amide bonds. The molecule has 0 fully saturated rings. The van der Waals surface area contributed by atoms with Crippen molar-refractivity contribution < 1.29 is 0 Å². The van der Waals surface area contributed by atoms with Gasteiger partial charge in [0.2, 0.25) is 0 Å². The fourth-order valence-electron chi connectivity index (χ4n) is 0.754. The Hall–Kier alpha value is -0.870. The molecule has 72 valence electrons. The van der Waals surface area contributed by atoms with Crippen LogP contribution in [0.4, 0.5) is 5.82 Å². The van der Waals surface area contributed by atoms with Crippen molar-refractivity contribution in [3.8, 4) is 0 Å². The lowest BCUT2D eigenvalue weighted by Gasteiger charge is -2.19. The number of anilines is 1. The normalized spacial score (nSPS) is 11.4. The number of rotatable bonds is 3. The Labute approximate surface area is 82.5 Å². The lowest BCUT2D eigenvalue weighted by atomic mass is 10.1. The van der Waals surface area contributed by atoms with Gasteiger partial charge in [-0.3, -0.25) is 0 Å². The van der Waals surface area contributed by atoms with Crippen LogP contribution >= 0.6 is 11.6 Å². The molecule has 5 heteroatoms. The van der Waals surface area contributed by atoms with E-state index in [-0.39, 0.29) is 5.54 Å². The molecular formula is C8H13ClN4. The molecule has 0 aromatic carbocycles. The Balaban J connectivity index is 2.60. The fourth-order valence-corrected chi connectivity index (χ4v) is 0.926. The smallest absolute Gasteiger partial charge is 0.148 e. The van der Waals surface area contributed by atoms with E-state index in [1.807, 2.05) is 13.8 Å². The molecule has 13 heavy (non-hydrogen) atoms. The highest BCUT2D eigenvalue weighted by atomic mass is 35.5. The summed E-state index contributed by atoms with van der Waals surface area (Å²) in [7, 11) is 0. The van der Waals surface area contributed by atoms with Crippen LogP contribution in [0.2, 0.25) is 5.02 Å². The molecule has 0 aliphatic rings. The molecule has 1 aromatic heterocycles. The van der Waals surface area contributed by atoms with Crippen molar-refractivity contribution in [1.82, 2.24) is 9.97 Å². The minimum atomic E-state index is -0.283. The number of nitrogens with two attached hydrogens (primary N) is 1. The van der Waals surface area contributed by atoms with E-state index >= 15 is 0 Å². The third-order valence-electron chi connectivity index (χ3n) is 1.38. The van der Waals surface area contributed by atoms with Crippen molar-refractivity contribution in [1.29, 1.82) is 0 Å². The van der Waals surface area contributed by atoms with E-state index in [9.17, 15) is 0 Å². The van der Waals surface area contributed by atoms with Crippen LogP contribution in [-0.4, -0.2) is 22.1 Å². The third-order valence-corrected chi connectivity index (χ3v) is 1.66. The minimum Gasteiger partial charge on any atom is -0.367 e. The quantitative estimate of drug-likeness (QED) is 0.772. The maximum atomic E-state index is 5.82. The third kappa shape index (κ3) is 3.57. The Morgan fingerprint density at radius 2 is 2.31 bits per heavy atom. The van der Waals surface area contributed by atoms with Crippen LogP contribution in [0.15, 0.2) is 12.5 Å². The lowest BCUT2D eigenvalue weighted by Crippen LogP contribution is -2.39. The Morgan fingerprint density at radius 3 is 2.85 bits per heavy atom. The molecule has 0 aliphatic carbocycles. The highest BCUT2D eigenvalue weighted by Gasteiger charge is 2.11. The zero-order valence-corrected chi connectivity index (χ0v) is 8.47. The Kier molecular flexibility index (Phi) is 3.06. The zero-order valence-electron chi connectivity index (χ0n) is 7.71. The van der Waals surface area contributed by atoms with E-state index in [0.717, 1.165) is 0 Å². The van der Waals surface area contributed by atoms with Gasteiger partial charge in [-0.15, -0.1) is 0 Å². The van der Waals surface area contributed by atoms with Crippen molar-refractivity contribution in [2.75, 3.05) is 11.9 Å². The molecular weight excluding hydrogens is 188 g/mol. The first-order valence-electron chi connectivity index (χ1n) is 3.97. The molecule has 0 aliphatic heterocycles. The van der Waals surface area contributed by atoms with E-state index in [1.165, 1.54) is 6.33 Å². The van der Waals surface area contributed by atoms with Gasteiger partial charge in [-0.25, -0.2) is 9.97 Å². The summed E-state index contributed by atoms with van der Waals surface area (Å²) in [5, 5.41) is 3.55. The maximum Gasteiger partial charge on any atom is 0.148 e. The van der Waals surface area contributed by atoms with Gasteiger partial charge >= 0.3 is 0 Å². The summed E-state index contributed by atoms with van der Waals surface area (Å²) in [6.07, 6.45) is 2.98. The van der Waals surface area contributed by atoms with Crippen LogP contribution in [0, 0.1) is 0 Å². The second kappa shape index (κ2) is 3.89. The molecule has 1 heterocycles. The van der Waals surface area contributed by atoms with E-state index in [1.54, 1.807) is 6.20 Å². The van der Waals surface area contributed by atoms with Gasteiger partial charge in [-0.05, 0) is 13.8 Å². The summed E-state index contributed by atoms with van der Waals surface area (Å²) in [6, 6.07) is 0. The van der Waals surface area contributed by atoms with Gasteiger partial charge in [0.15, 0.2) is 0 Å². The lowest BCUT2D eigenvalue weighted by molar-refractivity contribution is 0.548. The largest absolute Gasteiger partial charge is 0.367 e. The van der Waals surface area contributed by atoms with Gasteiger partial charge in [0.1, 0.15) is 17.2 Å². The molecule has 1 aromatic rings. The van der Waals surface area contributed by atoms with Gasteiger partial charge in [0, 0.05) is 12.1 Å². The van der Waals surface area contributed by atoms with Crippen LogP contribution in [0.1, 0.15) is 13.8 Å². The number of hydrogen-bond donors (Lipinski definition) is 2. The van der Waals surface area contributed by atoms with Crippen molar-refractivity contribution in [2.45, 2.75) is 19.4 Å². The van der Waals surface area contributed by atoms with Crippen molar-refractivity contribution in [3.63, 3.8) is 0 Å². The van der Waals surface area contributed by atoms with Crippen molar-refractivity contribution >= 4 is 17.4 Å².